The maximum absolute atomic E-state index is 12.3. The van der Waals surface area contributed by atoms with Gasteiger partial charge in [-0.3, -0.25) is 0 Å². The van der Waals surface area contributed by atoms with Crippen LogP contribution in [0.1, 0.15) is 16.7 Å². The van der Waals surface area contributed by atoms with E-state index in [1.165, 1.54) is 12.1 Å². The van der Waals surface area contributed by atoms with Gasteiger partial charge in [0.2, 0.25) is 0 Å². The van der Waals surface area contributed by atoms with Crippen LogP contribution in [0.15, 0.2) is 18.2 Å². The highest BCUT2D eigenvalue weighted by Crippen LogP contribution is 2.28. The number of halogens is 7. The molecule has 1 rings (SSSR count). The predicted molar refractivity (Wildman–Crippen MR) is 58.6 cm³/mol. The van der Waals surface area contributed by atoms with Gasteiger partial charge in [-0.2, -0.15) is 26.3 Å². The van der Waals surface area contributed by atoms with Crippen LogP contribution in [0.3, 0.4) is 0 Å². The Hall–Kier alpha value is -0.720. The summed E-state index contributed by atoms with van der Waals surface area (Å²) in [7, 11) is 0. The van der Waals surface area contributed by atoms with Crippen molar-refractivity contribution >= 4 is 15.9 Å². The second kappa shape index (κ2) is 5.50. The molecule has 1 aromatic carbocycles. The van der Waals surface area contributed by atoms with E-state index in [4.69, 9.17) is 0 Å². The summed E-state index contributed by atoms with van der Waals surface area (Å²) in [5.74, 6) is 0. The highest BCUT2D eigenvalue weighted by molar-refractivity contribution is 9.08. The van der Waals surface area contributed by atoms with Crippen LogP contribution in [0, 0.1) is 0 Å². The zero-order valence-electron chi connectivity index (χ0n) is 9.00. The molecule has 0 bridgehead atoms. The average Bonchev–Trinajstić information content (AvgIpc) is 2.12. The average molecular weight is 335 g/mol. The molecular weight excluding hydrogens is 326 g/mol. The van der Waals surface area contributed by atoms with E-state index in [1.54, 1.807) is 0 Å². The lowest BCUT2D eigenvalue weighted by atomic mass is 10.0. The van der Waals surface area contributed by atoms with Gasteiger partial charge in [-0.25, -0.2) is 0 Å². The molecule has 0 saturated heterocycles. The number of alkyl halides is 7. The molecular formula is C11H9BrF6. The van der Waals surface area contributed by atoms with Gasteiger partial charge in [0.25, 0.3) is 0 Å². The molecule has 0 aliphatic heterocycles. The van der Waals surface area contributed by atoms with E-state index in [9.17, 15) is 26.3 Å². The summed E-state index contributed by atoms with van der Waals surface area (Å²) in [5.41, 5.74) is 0.0609. The molecule has 0 spiro atoms. The fourth-order valence-corrected chi connectivity index (χ4v) is 2.08. The minimum absolute atomic E-state index is 0.124. The lowest BCUT2D eigenvalue weighted by molar-refractivity contribution is -0.127. The monoisotopic (exact) mass is 334 g/mol. The SMILES string of the molecule is FC(F)(F)Cc1ccc(CBr)c(CC(F)(F)F)c1. The lowest BCUT2D eigenvalue weighted by Gasteiger charge is -2.13. The largest absolute Gasteiger partial charge is 0.393 e. The maximum atomic E-state index is 12.3. The molecule has 0 amide bonds. The van der Waals surface area contributed by atoms with Gasteiger partial charge in [-0.1, -0.05) is 34.1 Å². The van der Waals surface area contributed by atoms with Gasteiger partial charge in [0.15, 0.2) is 0 Å². The normalized spacial score (nSPS) is 12.8. The second-order valence-corrected chi connectivity index (χ2v) is 4.38. The summed E-state index contributed by atoms with van der Waals surface area (Å²) in [5, 5.41) is 0.171. The molecule has 7 heteroatoms. The fourth-order valence-electron chi connectivity index (χ4n) is 1.53. The van der Waals surface area contributed by atoms with Crippen LogP contribution in [0.5, 0.6) is 0 Å². The minimum Gasteiger partial charge on any atom is -0.171 e. The number of rotatable bonds is 3. The molecule has 0 atom stereocenters. The quantitative estimate of drug-likeness (QED) is 0.550. The van der Waals surface area contributed by atoms with Gasteiger partial charge < -0.3 is 0 Å². The predicted octanol–water partition coefficient (Wildman–Crippen LogP) is 4.79. The summed E-state index contributed by atoms with van der Waals surface area (Å²) >= 11 is 3.01. The first-order valence-electron chi connectivity index (χ1n) is 4.91. The van der Waals surface area contributed by atoms with E-state index < -0.39 is 25.2 Å². The Kier molecular flexibility index (Phi) is 4.69. The Balaban J connectivity index is 3.02. The summed E-state index contributed by atoms with van der Waals surface area (Å²) in [4.78, 5) is 0. The van der Waals surface area contributed by atoms with Crippen LogP contribution in [0.2, 0.25) is 0 Å². The van der Waals surface area contributed by atoms with Gasteiger partial charge in [0, 0.05) is 5.33 Å². The Labute approximate surface area is 108 Å². The molecule has 0 aliphatic carbocycles. The van der Waals surface area contributed by atoms with Crippen molar-refractivity contribution in [1.29, 1.82) is 0 Å². The van der Waals surface area contributed by atoms with Gasteiger partial charge in [-0.15, -0.1) is 0 Å². The van der Waals surface area contributed by atoms with Gasteiger partial charge in [-0.05, 0) is 16.7 Å². The van der Waals surface area contributed by atoms with Gasteiger partial charge in [0.1, 0.15) is 0 Å². The van der Waals surface area contributed by atoms with E-state index in [1.807, 2.05) is 0 Å². The molecule has 0 radical (unpaired) electrons. The zero-order valence-corrected chi connectivity index (χ0v) is 10.6. The molecule has 1 aromatic rings. The Morgan fingerprint density at radius 3 is 1.83 bits per heavy atom. The minimum atomic E-state index is -4.44. The fraction of sp³-hybridized carbons (Fsp3) is 0.455. The van der Waals surface area contributed by atoms with Crippen molar-refractivity contribution in [2.24, 2.45) is 0 Å². The van der Waals surface area contributed by atoms with E-state index in [0.717, 1.165) is 6.07 Å². The molecule has 0 saturated carbocycles. The molecule has 18 heavy (non-hydrogen) atoms. The molecule has 0 N–H and O–H groups in total. The van der Waals surface area contributed by atoms with E-state index >= 15 is 0 Å². The molecule has 102 valence electrons. The highest BCUT2D eigenvalue weighted by atomic mass is 79.9. The lowest BCUT2D eigenvalue weighted by Crippen LogP contribution is -2.15. The molecule has 0 fully saturated rings. The molecule has 0 unspecified atom stereocenters. The van der Waals surface area contributed by atoms with Crippen molar-refractivity contribution in [2.75, 3.05) is 0 Å². The van der Waals surface area contributed by atoms with E-state index in [-0.39, 0.29) is 16.5 Å². The third kappa shape index (κ3) is 5.29. The molecule has 0 heterocycles. The van der Waals surface area contributed by atoms with Crippen molar-refractivity contribution in [3.05, 3.63) is 34.9 Å². The Morgan fingerprint density at radius 1 is 0.833 bits per heavy atom. The number of hydrogen-bond donors (Lipinski definition) is 0. The van der Waals surface area contributed by atoms with Crippen LogP contribution in [-0.2, 0) is 18.2 Å². The standard InChI is InChI=1S/C11H9BrF6/c12-6-8-2-1-7(4-10(13,14)15)3-9(8)5-11(16,17)18/h1-3H,4-6H2. The summed E-state index contributed by atoms with van der Waals surface area (Å²) in [6, 6.07) is 3.46. The van der Waals surface area contributed by atoms with Crippen LogP contribution < -0.4 is 0 Å². The number of benzene rings is 1. The summed E-state index contributed by atoms with van der Waals surface area (Å²) in [6.45, 7) is 0. The first kappa shape index (κ1) is 15.3. The van der Waals surface area contributed by atoms with Crippen LogP contribution in [-0.4, -0.2) is 12.4 Å². The van der Waals surface area contributed by atoms with Crippen molar-refractivity contribution in [1.82, 2.24) is 0 Å². The third-order valence-corrected chi connectivity index (χ3v) is 2.81. The number of hydrogen-bond acceptors (Lipinski definition) is 0. The van der Waals surface area contributed by atoms with Crippen molar-refractivity contribution in [3.63, 3.8) is 0 Å². The van der Waals surface area contributed by atoms with Crippen molar-refractivity contribution in [3.8, 4) is 0 Å². The molecule has 0 aromatic heterocycles. The van der Waals surface area contributed by atoms with E-state index in [0.29, 0.717) is 5.56 Å². The van der Waals surface area contributed by atoms with E-state index in [2.05, 4.69) is 15.9 Å². The molecule has 0 aliphatic rings. The highest BCUT2D eigenvalue weighted by Gasteiger charge is 2.31. The third-order valence-electron chi connectivity index (χ3n) is 2.21. The van der Waals surface area contributed by atoms with Crippen molar-refractivity contribution < 1.29 is 26.3 Å². The van der Waals surface area contributed by atoms with Crippen LogP contribution in [0.25, 0.3) is 0 Å². The first-order chi connectivity index (χ1) is 8.11. The maximum Gasteiger partial charge on any atom is 0.393 e. The van der Waals surface area contributed by atoms with Crippen molar-refractivity contribution in [2.45, 2.75) is 30.5 Å². The Bertz CT molecular complexity index is 407. The molecule has 0 nitrogen and oxygen atoms in total. The van der Waals surface area contributed by atoms with Crippen LogP contribution in [0.4, 0.5) is 26.3 Å². The van der Waals surface area contributed by atoms with Gasteiger partial charge >= 0.3 is 12.4 Å². The smallest absolute Gasteiger partial charge is 0.171 e. The van der Waals surface area contributed by atoms with Gasteiger partial charge in [0.05, 0.1) is 12.8 Å². The summed E-state index contributed by atoms with van der Waals surface area (Å²) < 4.78 is 73.4. The second-order valence-electron chi connectivity index (χ2n) is 3.82. The topological polar surface area (TPSA) is 0 Å². The van der Waals surface area contributed by atoms with Crippen LogP contribution >= 0.6 is 15.9 Å². The zero-order chi connectivity index (χ0) is 14.0. The Morgan fingerprint density at radius 2 is 1.39 bits per heavy atom. The first-order valence-corrected chi connectivity index (χ1v) is 6.03. The summed E-state index contributed by atoms with van der Waals surface area (Å²) in [6.07, 6.45) is -11.3.